The summed E-state index contributed by atoms with van der Waals surface area (Å²) in [4.78, 5) is 2.43. The maximum Gasteiger partial charge on any atom is 0.146 e. The number of hydrogen-bond donors (Lipinski definition) is 2. The van der Waals surface area contributed by atoms with Gasteiger partial charge in [0.1, 0.15) is 6.79 Å². The normalized spacial score (nSPS) is 26.9. The van der Waals surface area contributed by atoms with Crippen LogP contribution in [-0.2, 0) is 21.4 Å². The first-order chi connectivity index (χ1) is 9.70. The van der Waals surface area contributed by atoms with Crippen LogP contribution in [0.5, 0.6) is 0 Å². The van der Waals surface area contributed by atoms with E-state index in [4.69, 9.17) is 20.3 Å². The molecule has 4 nitrogen and oxygen atoms in total. The van der Waals surface area contributed by atoms with Crippen molar-refractivity contribution in [2.75, 3.05) is 27.1 Å². The van der Waals surface area contributed by atoms with Crippen LogP contribution in [-0.4, -0.2) is 32.2 Å². The summed E-state index contributed by atoms with van der Waals surface area (Å²) >= 11 is 1.73. The largest absolute Gasteiger partial charge is 0.396 e. The molecule has 3 N–H and O–H groups in total. The van der Waals surface area contributed by atoms with E-state index in [0.717, 1.165) is 12.8 Å². The number of ether oxygens (including phenoxy) is 2. The molecule has 1 aliphatic rings. The van der Waals surface area contributed by atoms with E-state index in [1.54, 1.807) is 18.4 Å². The van der Waals surface area contributed by atoms with Gasteiger partial charge in [0.15, 0.2) is 0 Å². The maximum absolute atomic E-state index is 9.04. The quantitative estimate of drug-likeness (QED) is 0.599. The van der Waals surface area contributed by atoms with Gasteiger partial charge in [-0.1, -0.05) is 12.8 Å². The summed E-state index contributed by atoms with van der Waals surface area (Å²) in [7, 11) is 1.64. The lowest BCUT2D eigenvalue weighted by molar-refractivity contribution is -0.0585. The zero-order chi connectivity index (χ0) is 14.4. The summed E-state index contributed by atoms with van der Waals surface area (Å²) < 4.78 is 10.5. The first kappa shape index (κ1) is 15.9. The predicted octanol–water partition coefficient (Wildman–Crippen LogP) is 2.25. The summed E-state index contributed by atoms with van der Waals surface area (Å²) in [6, 6.07) is 4.22. The molecule has 5 heteroatoms. The van der Waals surface area contributed by atoms with Crippen LogP contribution in [0.25, 0.3) is 0 Å². The van der Waals surface area contributed by atoms with E-state index < -0.39 is 0 Å². The minimum atomic E-state index is -0.287. The lowest BCUT2D eigenvalue weighted by Crippen LogP contribution is -2.47. The lowest BCUT2D eigenvalue weighted by atomic mass is 9.73. The van der Waals surface area contributed by atoms with Crippen LogP contribution in [0, 0.1) is 5.92 Å². The molecule has 2 atom stereocenters. The third-order valence-corrected chi connectivity index (χ3v) is 5.46. The summed E-state index contributed by atoms with van der Waals surface area (Å²) in [6.45, 7) is 1.17. The van der Waals surface area contributed by atoms with Gasteiger partial charge in [0.25, 0.3) is 0 Å². The molecule has 1 saturated carbocycles. The number of thiophene rings is 1. The van der Waals surface area contributed by atoms with Crippen molar-refractivity contribution in [1.29, 1.82) is 0 Å². The van der Waals surface area contributed by atoms with Crippen molar-refractivity contribution in [3.63, 3.8) is 0 Å². The van der Waals surface area contributed by atoms with Crippen LogP contribution in [0.2, 0.25) is 0 Å². The molecule has 2 rings (SSSR count). The van der Waals surface area contributed by atoms with E-state index >= 15 is 0 Å². The van der Waals surface area contributed by atoms with E-state index in [2.05, 4.69) is 12.1 Å². The highest BCUT2D eigenvalue weighted by Gasteiger charge is 2.39. The molecule has 1 aromatic rings. The Bertz CT molecular complexity index is 410. The molecular weight excluding hydrogens is 274 g/mol. The molecule has 0 spiro atoms. The number of methoxy groups -OCH3 is 1. The van der Waals surface area contributed by atoms with Gasteiger partial charge >= 0.3 is 0 Å². The Balaban J connectivity index is 2.09. The van der Waals surface area contributed by atoms with Crippen LogP contribution in [0.3, 0.4) is 0 Å². The molecule has 0 saturated heterocycles. The van der Waals surface area contributed by atoms with Gasteiger partial charge in [0.2, 0.25) is 0 Å². The van der Waals surface area contributed by atoms with Gasteiger partial charge in [-0.2, -0.15) is 0 Å². The summed E-state index contributed by atoms with van der Waals surface area (Å²) in [5, 5.41) is 9.04. The molecule has 0 aromatic carbocycles. The maximum atomic E-state index is 9.04. The van der Waals surface area contributed by atoms with E-state index in [0.29, 0.717) is 25.7 Å². The SMILES string of the molecule is COCOC[C@@H]1CCCC[C@]1(N)c1ccc(CCO)s1. The molecule has 1 heterocycles. The van der Waals surface area contributed by atoms with Crippen LogP contribution in [0.1, 0.15) is 35.4 Å². The Morgan fingerprint density at radius 3 is 3.05 bits per heavy atom. The average Bonchev–Trinajstić information content (AvgIpc) is 2.91. The molecular formula is C15H25NO3S. The van der Waals surface area contributed by atoms with Gasteiger partial charge in [0, 0.05) is 35.8 Å². The molecule has 20 heavy (non-hydrogen) atoms. The van der Waals surface area contributed by atoms with Gasteiger partial charge in [-0.05, 0) is 25.0 Å². The zero-order valence-electron chi connectivity index (χ0n) is 12.1. The van der Waals surface area contributed by atoms with Crippen LogP contribution >= 0.6 is 11.3 Å². The Morgan fingerprint density at radius 1 is 1.45 bits per heavy atom. The van der Waals surface area contributed by atoms with Crippen LogP contribution in [0.15, 0.2) is 12.1 Å². The minimum absolute atomic E-state index is 0.192. The van der Waals surface area contributed by atoms with Gasteiger partial charge in [-0.3, -0.25) is 0 Å². The van der Waals surface area contributed by atoms with E-state index in [9.17, 15) is 0 Å². The van der Waals surface area contributed by atoms with Crippen molar-refractivity contribution in [1.82, 2.24) is 0 Å². The van der Waals surface area contributed by atoms with Crippen molar-refractivity contribution in [3.8, 4) is 0 Å². The highest BCUT2D eigenvalue weighted by atomic mass is 32.1. The number of hydrogen-bond acceptors (Lipinski definition) is 5. The second-order valence-corrected chi connectivity index (χ2v) is 6.67. The fraction of sp³-hybridized carbons (Fsp3) is 0.733. The van der Waals surface area contributed by atoms with Gasteiger partial charge in [-0.25, -0.2) is 0 Å². The van der Waals surface area contributed by atoms with Crippen LogP contribution in [0.4, 0.5) is 0 Å². The lowest BCUT2D eigenvalue weighted by Gasteiger charge is -2.40. The fourth-order valence-electron chi connectivity index (χ4n) is 2.97. The number of aliphatic hydroxyl groups excluding tert-OH is 1. The molecule has 1 fully saturated rings. The smallest absolute Gasteiger partial charge is 0.146 e. The standard InChI is InChI=1S/C15H25NO3S/c1-18-11-19-10-12-4-2-3-8-15(12,16)14-6-5-13(20-14)7-9-17/h5-6,12,17H,2-4,7-11,16H2,1H3/t12-,15+/m0/s1. The highest BCUT2D eigenvalue weighted by molar-refractivity contribution is 7.12. The van der Waals surface area contributed by atoms with E-state index in [1.165, 1.54) is 22.6 Å². The van der Waals surface area contributed by atoms with Crippen molar-refractivity contribution >= 4 is 11.3 Å². The molecule has 0 aliphatic heterocycles. The first-order valence-corrected chi connectivity index (χ1v) is 8.08. The summed E-state index contributed by atoms with van der Waals surface area (Å²) in [5.41, 5.74) is 6.46. The Hall–Kier alpha value is -0.460. The number of aliphatic hydroxyl groups is 1. The van der Waals surface area contributed by atoms with Crippen molar-refractivity contribution in [2.24, 2.45) is 11.7 Å². The third kappa shape index (κ3) is 3.59. The number of nitrogens with two attached hydrogens (primary N) is 1. The predicted molar refractivity (Wildman–Crippen MR) is 80.8 cm³/mol. The van der Waals surface area contributed by atoms with Gasteiger partial charge < -0.3 is 20.3 Å². The molecule has 1 aromatic heterocycles. The highest BCUT2D eigenvalue weighted by Crippen LogP contribution is 2.42. The number of rotatable bonds is 7. The Labute approximate surface area is 124 Å². The average molecular weight is 299 g/mol. The minimum Gasteiger partial charge on any atom is -0.396 e. The Kier molecular flexibility index (Phi) is 5.99. The molecule has 1 aliphatic carbocycles. The summed E-state index contributed by atoms with van der Waals surface area (Å²) in [6.07, 6.45) is 5.21. The second kappa shape index (κ2) is 7.52. The molecule has 0 bridgehead atoms. The monoisotopic (exact) mass is 299 g/mol. The first-order valence-electron chi connectivity index (χ1n) is 7.26. The van der Waals surface area contributed by atoms with Crippen molar-refractivity contribution in [3.05, 3.63) is 21.9 Å². The van der Waals surface area contributed by atoms with Crippen molar-refractivity contribution in [2.45, 2.75) is 37.6 Å². The summed E-state index contributed by atoms with van der Waals surface area (Å²) in [5.74, 6) is 0.340. The zero-order valence-corrected chi connectivity index (χ0v) is 13.0. The van der Waals surface area contributed by atoms with Gasteiger partial charge in [-0.15, -0.1) is 11.3 Å². The molecule has 114 valence electrons. The second-order valence-electron chi connectivity index (χ2n) is 5.50. The van der Waals surface area contributed by atoms with E-state index in [1.807, 2.05) is 0 Å². The third-order valence-electron chi connectivity index (χ3n) is 4.12. The molecule has 0 radical (unpaired) electrons. The molecule has 0 amide bonds. The van der Waals surface area contributed by atoms with E-state index in [-0.39, 0.29) is 12.1 Å². The van der Waals surface area contributed by atoms with Gasteiger partial charge in [0.05, 0.1) is 12.1 Å². The van der Waals surface area contributed by atoms with Crippen LogP contribution < -0.4 is 5.73 Å². The Morgan fingerprint density at radius 2 is 2.30 bits per heavy atom. The fourth-order valence-corrected chi connectivity index (χ4v) is 4.18. The topological polar surface area (TPSA) is 64.7 Å². The van der Waals surface area contributed by atoms with Crippen molar-refractivity contribution < 1.29 is 14.6 Å². The molecule has 0 unspecified atom stereocenters.